The highest BCUT2D eigenvalue weighted by Crippen LogP contribution is 2.63. The molecule has 2 aliphatic rings. The van der Waals surface area contributed by atoms with Crippen molar-refractivity contribution in [3.05, 3.63) is 29.6 Å². The van der Waals surface area contributed by atoms with E-state index in [1.54, 1.807) is 12.1 Å². The second-order valence-electron chi connectivity index (χ2n) is 7.30. The molecular weight excluding hydrogens is 251 g/mol. The highest BCUT2D eigenvalue weighted by atomic mass is 19.1. The zero-order chi connectivity index (χ0) is 14.5. The van der Waals surface area contributed by atoms with Crippen molar-refractivity contribution in [1.29, 1.82) is 5.26 Å². The Balaban J connectivity index is 1.90. The molecule has 3 rings (SSSR count). The Morgan fingerprint density at radius 1 is 1.35 bits per heavy atom. The third kappa shape index (κ3) is 1.82. The number of nitriles is 1. The molecule has 3 atom stereocenters. The quantitative estimate of drug-likeness (QED) is 0.870. The molecule has 3 unspecified atom stereocenters. The van der Waals surface area contributed by atoms with Crippen LogP contribution in [0.25, 0.3) is 0 Å². The van der Waals surface area contributed by atoms with Gasteiger partial charge in [0.25, 0.3) is 0 Å². The fourth-order valence-electron chi connectivity index (χ4n) is 4.52. The minimum Gasteiger partial charge on any atom is -0.379 e. The molecule has 0 radical (unpaired) electrons. The van der Waals surface area contributed by atoms with E-state index in [0.29, 0.717) is 11.3 Å². The Morgan fingerprint density at radius 3 is 2.65 bits per heavy atom. The van der Waals surface area contributed by atoms with Gasteiger partial charge in [-0.25, -0.2) is 4.39 Å². The van der Waals surface area contributed by atoms with Gasteiger partial charge in [-0.2, -0.15) is 5.26 Å². The van der Waals surface area contributed by atoms with Crippen molar-refractivity contribution in [2.24, 2.45) is 16.7 Å². The van der Waals surface area contributed by atoms with E-state index < -0.39 is 0 Å². The lowest BCUT2D eigenvalue weighted by Gasteiger charge is -2.43. The van der Waals surface area contributed by atoms with Crippen LogP contribution >= 0.6 is 0 Å². The number of fused-ring (bicyclic) bond motifs is 2. The van der Waals surface area contributed by atoms with E-state index in [2.05, 4.69) is 26.1 Å². The van der Waals surface area contributed by atoms with Crippen molar-refractivity contribution in [3.8, 4) is 6.07 Å². The van der Waals surface area contributed by atoms with Crippen LogP contribution in [0.4, 0.5) is 10.1 Å². The highest BCUT2D eigenvalue weighted by molar-refractivity contribution is 5.50. The van der Waals surface area contributed by atoms with Crippen LogP contribution in [-0.2, 0) is 0 Å². The Bertz CT molecular complexity index is 582. The van der Waals surface area contributed by atoms with Crippen LogP contribution in [0.3, 0.4) is 0 Å². The summed E-state index contributed by atoms with van der Waals surface area (Å²) in [5, 5.41) is 12.2. The van der Waals surface area contributed by atoms with Crippen LogP contribution in [0.2, 0.25) is 0 Å². The van der Waals surface area contributed by atoms with Gasteiger partial charge in [0.2, 0.25) is 0 Å². The predicted octanol–water partition coefficient (Wildman–Crippen LogP) is 4.32. The zero-order valence-electron chi connectivity index (χ0n) is 12.3. The van der Waals surface area contributed by atoms with Crippen molar-refractivity contribution < 1.29 is 4.39 Å². The first kappa shape index (κ1) is 13.4. The first-order valence-corrected chi connectivity index (χ1v) is 7.33. The molecule has 1 aromatic carbocycles. The van der Waals surface area contributed by atoms with Gasteiger partial charge in [0.05, 0.1) is 17.3 Å². The third-order valence-electron chi connectivity index (χ3n) is 5.67. The Hall–Kier alpha value is -1.56. The largest absolute Gasteiger partial charge is 0.379 e. The number of hydrogen-bond acceptors (Lipinski definition) is 2. The highest BCUT2D eigenvalue weighted by Gasteiger charge is 2.59. The van der Waals surface area contributed by atoms with Crippen molar-refractivity contribution in [2.45, 2.75) is 46.1 Å². The Kier molecular flexibility index (Phi) is 2.83. The number of anilines is 1. The van der Waals surface area contributed by atoms with Gasteiger partial charge in [0.15, 0.2) is 0 Å². The van der Waals surface area contributed by atoms with Crippen LogP contribution in [0.15, 0.2) is 18.2 Å². The van der Waals surface area contributed by atoms with Gasteiger partial charge in [-0.15, -0.1) is 0 Å². The molecular formula is C17H21FN2. The SMILES string of the molecule is CC12CCC(C1)C(C)(C)C2Nc1ccc(C#N)cc1F. The maximum Gasteiger partial charge on any atom is 0.147 e. The maximum absolute atomic E-state index is 14.1. The number of halogens is 1. The lowest BCUT2D eigenvalue weighted by atomic mass is 9.68. The van der Waals surface area contributed by atoms with Gasteiger partial charge in [-0.05, 0) is 54.2 Å². The Morgan fingerprint density at radius 2 is 2.10 bits per heavy atom. The van der Waals surface area contributed by atoms with Crippen LogP contribution in [-0.4, -0.2) is 6.04 Å². The number of nitrogens with one attached hydrogen (secondary N) is 1. The summed E-state index contributed by atoms with van der Waals surface area (Å²) in [6, 6.07) is 6.94. The zero-order valence-corrected chi connectivity index (χ0v) is 12.3. The summed E-state index contributed by atoms with van der Waals surface area (Å²) in [6.45, 7) is 6.91. The molecule has 0 aromatic heterocycles. The average Bonchev–Trinajstić information content (AvgIpc) is 2.87. The third-order valence-corrected chi connectivity index (χ3v) is 5.67. The van der Waals surface area contributed by atoms with E-state index in [4.69, 9.17) is 5.26 Å². The van der Waals surface area contributed by atoms with E-state index in [0.717, 1.165) is 5.92 Å². The van der Waals surface area contributed by atoms with Crippen molar-refractivity contribution in [2.75, 3.05) is 5.32 Å². The summed E-state index contributed by atoms with van der Waals surface area (Å²) >= 11 is 0. The monoisotopic (exact) mass is 272 g/mol. The van der Waals surface area contributed by atoms with Gasteiger partial charge in [0.1, 0.15) is 5.82 Å². The van der Waals surface area contributed by atoms with E-state index in [1.165, 1.54) is 25.3 Å². The average molecular weight is 272 g/mol. The normalized spacial score (nSPS) is 34.0. The first-order valence-electron chi connectivity index (χ1n) is 7.33. The number of hydrogen-bond donors (Lipinski definition) is 1. The van der Waals surface area contributed by atoms with Crippen molar-refractivity contribution >= 4 is 5.69 Å². The molecule has 20 heavy (non-hydrogen) atoms. The second kappa shape index (κ2) is 4.22. The standard InChI is InChI=1S/C17H21FN2/c1-16(2)12-6-7-17(3,9-12)15(16)20-14-5-4-11(10-19)8-13(14)18/h4-5,8,12,15,20H,6-7,9H2,1-3H3. The molecule has 0 heterocycles. The van der Waals surface area contributed by atoms with Gasteiger partial charge in [-0.1, -0.05) is 20.8 Å². The van der Waals surface area contributed by atoms with E-state index in [1.807, 2.05) is 6.07 Å². The smallest absolute Gasteiger partial charge is 0.147 e. The van der Waals surface area contributed by atoms with Gasteiger partial charge < -0.3 is 5.32 Å². The van der Waals surface area contributed by atoms with Crippen LogP contribution in [0, 0.1) is 33.9 Å². The van der Waals surface area contributed by atoms with Crippen LogP contribution < -0.4 is 5.32 Å². The van der Waals surface area contributed by atoms with Gasteiger partial charge >= 0.3 is 0 Å². The summed E-state index contributed by atoms with van der Waals surface area (Å²) in [5.41, 5.74) is 1.34. The van der Waals surface area contributed by atoms with Crippen LogP contribution in [0.5, 0.6) is 0 Å². The fraction of sp³-hybridized carbons (Fsp3) is 0.588. The number of benzene rings is 1. The van der Waals surface area contributed by atoms with Crippen LogP contribution in [0.1, 0.15) is 45.6 Å². The van der Waals surface area contributed by atoms with Crippen molar-refractivity contribution in [3.63, 3.8) is 0 Å². The van der Waals surface area contributed by atoms with Gasteiger partial charge in [-0.3, -0.25) is 0 Å². The van der Waals surface area contributed by atoms with Gasteiger partial charge in [0, 0.05) is 6.04 Å². The summed E-state index contributed by atoms with van der Waals surface area (Å²) in [7, 11) is 0. The molecule has 2 nitrogen and oxygen atoms in total. The Labute approximate surface area is 120 Å². The predicted molar refractivity (Wildman–Crippen MR) is 77.8 cm³/mol. The molecule has 3 heteroatoms. The molecule has 2 saturated carbocycles. The van der Waals surface area contributed by atoms with Crippen molar-refractivity contribution in [1.82, 2.24) is 0 Å². The molecule has 1 aromatic rings. The molecule has 0 amide bonds. The molecule has 0 spiro atoms. The second-order valence-corrected chi connectivity index (χ2v) is 7.30. The van der Waals surface area contributed by atoms with E-state index in [9.17, 15) is 4.39 Å². The number of nitrogens with zero attached hydrogens (tertiary/aromatic N) is 1. The lowest BCUT2D eigenvalue weighted by Crippen LogP contribution is -2.45. The minimum absolute atomic E-state index is 0.188. The number of rotatable bonds is 2. The summed E-state index contributed by atoms with van der Waals surface area (Å²) in [6.07, 6.45) is 3.74. The molecule has 0 aliphatic heterocycles. The first-order chi connectivity index (χ1) is 9.37. The molecule has 2 fully saturated rings. The minimum atomic E-state index is -0.328. The molecule has 2 bridgehead atoms. The summed E-state index contributed by atoms with van der Waals surface area (Å²) < 4.78 is 14.1. The summed E-state index contributed by atoms with van der Waals surface area (Å²) in [5.74, 6) is 0.401. The molecule has 1 N–H and O–H groups in total. The summed E-state index contributed by atoms with van der Waals surface area (Å²) in [4.78, 5) is 0. The lowest BCUT2D eigenvalue weighted by molar-refractivity contribution is 0.155. The van der Waals surface area contributed by atoms with E-state index >= 15 is 0 Å². The van der Waals surface area contributed by atoms with E-state index in [-0.39, 0.29) is 22.7 Å². The molecule has 2 aliphatic carbocycles. The maximum atomic E-state index is 14.1. The molecule has 106 valence electrons. The fourth-order valence-corrected chi connectivity index (χ4v) is 4.52. The molecule has 0 saturated heterocycles. The topological polar surface area (TPSA) is 35.8 Å².